The Balaban J connectivity index is 4.31. The minimum atomic E-state index is -0.782. The summed E-state index contributed by atoms with van der Waals surface area (Å²) in [5.74, 6) is -0.889. The fraction of sp³-hybridized carbons (Fsp3) is 0.766. The Labute approximate surface area is 433 Å². The summed E-state index contributed by atoms with van der Waals surface area (Å²) < 4.78 is 16.9. The summed E-state index contributed by atoms with van der Waals surface area (Å²) in [5.41, 5.74) is 0. The van der Waals surface area contributed by atoms with Gasteiger partial charge in [-0.2, -0.15) is 0 Å². The highest BCUT2D eigenvalue weighted by Crippen LogP contribution is 2.16. The molecule has 0 saturated heterocycles. The molecule has 6 heteroatoms. The zero-order chi connectivity index (χ0) is 50.7. The summed E-state index contributed by atoms with van der Waals surface area (Å²) in [6, 6.07) is 0. The first-order valence-electron chi connectivity index (χ1n) is 29.9. The molecule has 0 radical (unpaired) electrons. The van der Waals surface area contributed by atoms with Crippen LogP contribution < -0.4 is 0 Å². The zero-order valence-corrected chi connectivity index (χ0v) is 46.3. The van der Waals surface area contributed by atoms with Crippen molar-refractivity contribution in [2.75, 3.05) is 13.2 Å². The van der Waals surface area contributed by atoms with Gasteiger partial charge in [0.15, 0.2) is 6.10 Å². The predicted molar refractivity (Wildman–Crippen MR) is 302 cm³/mol. The van der Waals surface area contributed by atoms with Crippen LogP contribution in [0.1, 0.15) is 297 Å². The Morgan fingerprint density at radius 1 is 0.300 bits per heavy atom. The van der Waals surface area contributed by atoms with Crippen LogP contribution in [0, 0.1) is 0 Å². The standard InChI is InChI=1S/C64H112O6/c1-4-7-10-13-16-19-22-24-26-28-30-31-32-33-34-36-37-39-42-45-48-51-54-57-63(66)69-60-61(59-68-62(65)56-53-50-47-44-41-21-18-15-12-9-6-3)70-64(67)58-55-52-49-46-43-40-38-35-29-27-25-23-20-17-14-11-8-5-2/h7,10,15-16,18-19,24,26,30-31,33-34,61H,4-6,8-9,11-14,17,20-23,25,27-29,32,35-60H2,1-3H3/b10-7-,18-15-,19-16-,26-24-,31-30-,34-33-. The van der Waals surface area contributed by atoms with Gasteiger partial charge in [0.1, 0.15) is 13.2 Å². The largest absolute Gasteiger partial charge is 0.462 e. The fourth-order valence-corrected chi connectivity index (χ4v) is 8.45. The average molecular weight is 978 g/mol. The number of carbonyl (C=O) groups is 3. The van der Waals surface area contributed by atoms with Crippen LogP contribution in [-0.2, 0) is 28.6 Å². The number of ether oxygens (including phenoxy) is 3. The Morgan fingerprint density at radius 2 is 0.571 bits per heavy atom. The predicted octanol–water partition coefficient (Wildman–Crippen LogP) is 20.2. The number of unbranched alkanes of at least 4 members (excludes halogenated alkanes) is 31. The molecule has 70 heavy (non-hydrogen) atoms. The minimum Gasteiger partial charge on any atom is -0.462 e. The van der Waals surface area contributed by atoms with E-state index in [1.54, 1.807) is 0 Å². The molecule has 0 aliphatic rings. The second kappa shape index (κ2) is 58.4. The number of esters is 3. The van der Waals surface area contributed by atoms with E-state index in [2.05, 4.69) is 93.7 Å². The van der Waals surface area contributed by atoms with Crippen LogP contribution in [0.2, 0.25) is 0 Å². The highest BCUT2D eigenvalue weighted by atomic mass is 16.6. The lowest BCUT2D eigenvalue weighted by Gasteiger charge is -2.18. The highest BCUT2D eigenvalue weighted by Gasteiger charge is 2.19. The van der Waals surface area contributed by atoms with E-state index in [-0.39, 0.29) is 31.1 Å². The van der Waals surface area contributed by atoms with E-state index in [4.69, 9.17) is 14.2 Å². The van der Waals surface area contributed by atoms with Crippen molar-refractivity contribution in [2.24, 2.45) is 0 Å². The Morgan fingerprint density at radius 3 is 0.929 bits per heavy atom. The lowest BCUT2D eigenvalue weighted by Crippen LogP contribution is -2.30. The first-order valence-corrected chi connectivity index (χ1v) is 29.9. The van der Waals surface area contributed by atoms with E-state index in [1.165, 1.54) is 154 Å². The third-order valence-corrected chi connectivity index (χ3v) is 12.9. The van der Waals surface area contributed by atoms with E-state index < -0.39 is 6.10 Å². The van der Waals surface area contributed by atoms with Gasteiger partial charge < -0.3 is 14.2 Å². The van der Waals surface area contributed by atoms with Gasteiger partial charge in [-0.05, 0) is 83.5 Å². The molecule has 1 unspecified atom stereocenters. The quantitative estimate of drug-likeness (QED) is 0.0261. The van der Waals surface area contributed by atoms with E-state index in [9.17, 15) is 14.4 Å². The third-order valence-electron chi connectivity index (χ3n) is 12.9. The molecule has 0 aromatic heterocycles. The van der Waals surface area contributed by atoms with Crippen molar-refractivity contribution >= 4 is 17.9 Å². The second-order valence-electron chi connectivity index (χ2n) is 19.9. The van der Waals surface area contributed by atoms with Crippen LogP contribution in [0.3, 0.4) is 0 Å². The fourth-order valence-electron chi connectivity index (χ4n) is 8.45. The van der Waals surface area contributed by atoms with Crippen molar-refractivity contribution in [2.45, 2.75) is 303 Å². The van der Waals surface area contributed by atoms with E-state index in [1.807, 2.05) is 0 Å². The van der Waals surface area contributed by atoms with Crippen LogP contribution in [0.4, 0.5) is 0 Å². The normalized spacial score (nSPS) is 12.6. The Bertz CT molecular complexity index is 1310. The van der Waals surface area contributed by atoms with Gasteiger partial charge in [-0.1, -0.05) is 267 Å². The van der Waals surface area contributed by atoms with Crippen molar-refractivity contribution < 1.29 is 28.6 Å². The van der Waals surface area contributed by atoms with Gasteiger partial charge in [0.25, 0.3) is 0 Å². The lowest BCUT2D eigenvalue weighted by molar-refractivity contribution is -0.167. The molecule has 0 fully saturated rings. The van der Waals surface area contributed by atoms with Crippen molar-refractivity contribution in [3.8, 4) is 0 Å². The molecule has 0 aliphatic carbocycles. The van der Waals surface area contributed by atoms with Gasteiger partial charge in [0.2, 0.25) is 0 Å². The van der Waals surface area contributed by atoms with Crippen LogP contribution in [-0.4, -0.2) is 37.2 Å². The van der Waals surface area contributed by atoms with Gasteiger partial charge in [0.05, 0.1) is 0 Å². The number of hydrogen-bond acceptors (Lipinski definition) is 6. The maximum Gasteiger partial charge on any atom is 0.306 e. The number of hydrogen-bond donors (Lipinski definition) is 0. The molecule has 404 valence electrons. The molecule has 0 N–H and O–H groups in total. The van der Waals surface area contributed by atoms with Gasteiger partial charge in [-0.25, -0.2) is 0 Å². The molecule has 0 aromatic rings. The third kappa shape index (κ3) is 55.8. The molecular weight excluding hydrogens is 865 g/mol. The molecule has 0 rings (SSSR count). The Kier molecular flexibility index (Phi) is 55.8. The summed E-state index contributed by atoms with van der Waals surface area (Å²) in [7, 11) is 0. The van der Waals surface area contributed by atoms with Gasteiger partial charge in [-0.3, -0.25) is 14.4 Å². The molecule has 0 saturated carbocycles. The average Bonchev–Trinajstić information content (AvgIpc) is 3.36. The molecule has 0 aliphatic heterocycles. The second-order valence-corrected chi connectivity index (χ2v) is 19.9. The molecule has 0 aromatic carbocycles. The van der Waals surface area contributed by atoms with E-state index in [0.29, 0.717) is 19.3 Å². The molecule has 0 spiro atoms. The molecule has 0 amide bonds. The van der Waals surface area contributed by atoms with Crippen molar-refractivity contribution in [3.63, 3.8) is 0 Å². The summed E-state index contributed by atoms with van der Waals surface area (Å²) in [5, 5.41) is 0. The zero-order valence-electron chi connectivity index (χ0n) is 46.3. The monoisotopic (exact) mass is 977 g/mol. The van der Waals surface area contributed by atoms with Crippen molar-refractivity contribution in [3.05, 3.63) is 72.9 Å². The summed E-state index contributed by atoms with van der Waals surface area (Å²) in [6.07, 6.45) is 74.7. The van der Waals surface area contributed by atoms with Crippen LogP contribution in [0.5, 0.6) is 0 Å². The van der Waals surface area contributed by atoms with Crippen molar-refractivity contribution in [1.82, 2.24) is 0 Å². The Hall–Kier alpha value is -3.15. The highest BCUT2D eigenvalue weighted by molar-refractivity contribution is 5.71. The minimum absolute atomic E-state index is 0.0809. The molecular formula is C64H112O6. The number of carbonyl (C=O) groups excluding carboxylic acids is 3. The smallest absolute Gasteiger partial charge is 0.306 e. The topological polar surface area (TPSA) is 78.9 Å². The lowest BCUT2D eigenvalue weighted by atomic mass is 10.0. The first kappa shape index (κ1) is 66.9. The molecule has 0 heterocycles. The van der Waals surface area contributed by atoms with Crippen LogP contribution >= 0.6 is 0 Å². The van der Waals surface area contributed by atoms with E-state index >= 15 is 0 Å². The van der Waals surface area contributed by atoms with Crippen LogP contribution in [0.25, 0.3) is 0 Å². The van der Waals surface area contributed by atoms with E-state index in [0.717, 1.165) is 103 Å². The van der Waals surface area contributed by atoms with Crippen molar-refractivity contribution in [1.29, 1.82) is 0 Å². The van der Waals surface area contributed by atoms with Gasteiger partial charge in [-0.15, -0.1) is 0 Å². The molecule has 1 atom stereocenters. The maximum atomic E-state index is 12.9. The number of rotatable bonds is 54. The van der Waals surface area contributed by atoms with Crippen LogP contribution in [0.15, 0.2) is 72.9 Å². The molecule has 6 nitrogen and oxygen atoms in total. The SMILES string of the molecule is CC/C=C\C/C=C\C/C=C\C/C=C\C/C=C\CCCCCCCCCC(=O)OCC(COC(=O)CCCCCCC/C=C\CCCC)OC(=O)CCCCCCCCCCCCCCCCCCCC. The summed E-state index contributed by atoms with van der Waals surface area (Å²) in [4.78, 5) is 38.2. The van der Waals surface area contributed by atoms with Gasteiger partial charge >= 0.3 is 17.9 Å². The summed E-state index contributed by atoms with van der Waals surface area (Å²) in [6.45, 7) is 6.50. The number of allylic oxidation sites excluding steroid dienone is 12. The van der Waals surface area contributed by atoms with Gasteiger partial charge in [0, 0.05) is 19.3 Å². The maximum absolute atomic E-state index is 12.9. The summed E-state index contributed by atoms with van der Waals surface area (Å²) >= 11 is 0. The molecule has 0 bridgehead atoms. The first-order chi connectivity index (χ1) is 34.5.